The Morgan fingerprint density at radius 3 is 2.40 bits per heavy atom. The first-order chi connectivity index (χ1) is 8.87. The lowest BCUT2D eigenvalue weighted by atomic mass is 9.88. The highest BCUT2D eigenvalue weighted by Crippen LogP contribution is 2.16. The molecule has 0 heterocycles. The van der Waals surface area contributed by atoms with Crippen LogP contribution in [-0.2, 0) is 4.79 Å². The van der Waals surface area contributed by atoms with Crippen LogP contribution in [0.2, 0.25) is 5.02 Å². The predicted octanol–water partition coefficient (Wildman–Crippen LogP) is 2.63. The summed E-state index contributed by atoms with van der Waals surface area (Å²) in [6, 6.07) is 6.88. The van der Waals surface area contributed by atoms with E-state index < -0.39 is 5.54 Å². The number of halogens is 2. The topological polar surface area (TPSA) is 64.3 Å². The number of hydrogen-bond donors (Lipinski definition) is 2. The second kappa shape index (κ2) is 8.35. The molecule has 1 unspecified atom stereocenters. The Bertz CT molecular complexity index is 424. The van der Waals surface area contributed by atoms with Crippen LogP contribution >= 0.6 is 24.0 Å². The van der Waals surface area contributed by atoms with E-state index >= 15 is 0 Å². The molecule has 3 N–H and O–H groups in total. The van der Waals surface area contributed by atoms with E-state index in [9.17, 15) is 4.79 Å². The van der Waals surface area contributed by atoms with E-state index in [0.29, 0.717) is 17.3 Å². The highest BCUT2D eigenvalue weighted by molar-refractivity contribution is 6.30. The quantitative estimate of drug-likeness (QED) is 0.846. The lowest BCUT2D eigenvalue weighted by Crippen LogP contribution is -2.56. The zero-order valence-corrected chi connectivity index (χ0v) is 13.6. The van der Waals surface area contributed by atoms with Gasteiger partial charge in [0, 0.05) is 11.6 Å². The van der Waals surface area contributed by atoms with E-state index in [1.165, 1.54) is 0 Å². The molecule has 0 saturated heterocycles. The van der Waals surface area contributed by atoms with Crippen molar-refractivity contribution in [1.29, 1.82) is 0 Å². The smallest absolute Gasteiger partial charge is 0.258 e. The number of amides is 1. The molecule has 0 bridgehead atoms. The second-order valence-corrected chi connectivity index (χ2v) is 5.50. The number of hydrogen-bond acceptors (Lipinski definition) is 3. The summed E-state index contributed by atoms with van der Waals surface area (Å²) >= 11 is 5.77. The van der Waals surface area contributed by atoms with Crippen LogP contribution in [0, 0.1) is 5.92 Å². The van der Waals surface area contributed by atoms with Crippen molar-refractivity contribution < 1.29 is 9.53 Å². The van der Waals surface area contributed by atoms with Crippen LogP contribution in [0.4, 0.5) is 0 Å². The lowest BCUT2D eigenvalue weighted by Gasteiger charge is -2.33. The summed E-state index contributed by atoms with van der Waals surface area (Å²) in [6.07, 6.45) is 0. The van der Waals surface area contributed by atoms with Gasteiger partial charge in [-0.25, -0.2) is 0 Å². The van der Waals surface area contributed by atoms with E-state index in [-0.39, 0.29) is 30.8 Å². The van der Waals surface area contributed by atoms with Crippen molar-refractivity contribution in [3.05, 3.63) is 29.3 Å². The van der Waals surface area contributed by atoms with Crippen molar-refractivity contribution in [3.63, 3.8) is 0 Å². The molecule has 1 aromatic rings. The maximum Gasteiger partial charge on any atom is 0.258 e. The summed E-state index contributed by atoms with van der Waals surface area (Å²) in [5, 5.41) is 3.54. The molecular weight excluding hydrogens is 299 g/mol. The summed E-state index contributed by atoms with van der Waals surface area (Å²) in [5.74, 6) is 0.673. The van der Waals surface area contributed by atoms with E-state index in [4.69, 9.17) is 22.1 Å². The number of benzene rings is 1. The van der Waals surface area contributed by atoms with E-state index in [1.807, 2.05) is 20.8 Å². The Kier molecular flexibility index (Phi) is 7.94. The summed E-state index contributed by atoms with van der Waals surface area (Å²) in [7, 11) is 0. The van der Waals surface area contributed by atoms with E-state index in [2.05, 4.69) is 5.32 Å². The average Bonchev–Trinajstić information content (AvgIpc) is 2.37. The van der Waals surface area contributed by atoms with Crippen LogP contribution in [0.1, 0.15) is 20.8 Å². The van der Waals surface area contributed by atoms with Crippen molar-refractivity contribution >= 4 is 29.9 Å². The number of nitrogens with one attached hydrogen (secondary N) is 1. The highest BCUT2D eigenvalue weighted by Gasteiger charge is 2.28. The van der Waals surface area contributed by atoms with Gasteiger partial charge >= 0.3 is 0 Å². The molecule has 1 amide bonds. The van der Waals surface area contributed by atoms with Crippen LogP contribution in [0.3, 0.4) is 0 Å². The molecule has 1 aromatic carbocycles. The molecule has 6 heteroatoms. The summed E-state index contributed by atoms with van der Waals surface area (Å²) in [4.78, 5) is 11.8. The molecule has 4 nitrogen and oxygen atoms in total. The largest absolute Gasteiger partial charge is 0.484 e. The monoisotopic (exact) mass is 320 g/mol. The molecule has 0 saturated carbocycles. The SMILES string of the molecule is CC(C)C(C)(CN)NC(=O)COc1ccc(Cl)cc1.Cl. The molecule has 0 aliphatic carbocycles. The van der Waals surface area contributed by atoms with Crippen molar-refractivity contribution in [1.82, 2.24) is 5.32 Å². The Balaban J connectivity index is 0.00000361. The third kappa shape index (κ3) is 5.57. The number of nitrogens with two attached hydrogens (primary N) is 1. The van der Waals surface area contributed by atoms with Gasteiger partial charge in [-0.1, -0.05) is 25.4 Å². The normalized spacial score (nSPS) is 13.3. The maximum atomic E-state index is 11.8. The molecule has 0 aromatic heterocycles. The van der Waals surface area contributed by atoms with Gasteiger partial charge in [0.25, 0.3) is 5.91 Å². The van der Waals surface area contributed by atoms with Crippen LogP contribution in [0.15, 0.2) is 24.3 Å². The molecule has 0 spiro atoms. The Hall–Kier alpha value is -0.970. The molecule has 0 aliphatic rings. The van der Waals surface area contributed by atoms with Crippen molar-refractivity contribution in [2.45, 2.75) is 26.3 Å². The first-order valence-corrected chi connectivity index (χ1v) is 6.64. The van der Waals surface area contributed by atoms with Gasteiger partial charge in [-0.15, -0.1) is 12.4 Å². The van der Waals surface area contributed by atoms with Crippen molar-refractivity contribution in [3.8, 4) is 5.75 Å². The zero-order valence-electron chi connectivity index (χ0n) is 12.0. The first kappa shape index (κ1) is 19.0. The maximum absolute atomic E-state index is 11.8. The number of ether oxygens (including phenoxy) is 1. The van der Waals surface area contributed by atoms with E-state index in [0.717, 1.165) is 0 Å². The van der Waals surface area contributed by atoms with Crippen LogP contribution in [0.25, 0.3) is 0 Å². The molecular formula is C14H22Cl2N2O2. The van der Waals surface area contributed by atoms with Gasteiger partial charge in [0.1, 0.15) is 5.75 Å². The third-order valence-electron chi connectivity index (χ3n) is 3.31. The molecule has 0 fully saturated rings. The molecule has 1 atom stereocenters. The lowest BCUT2D eigenvalue weighted by molar-refractivity contribution is -0.125. The summed E-state index contributed by atoms with van der Waals surface area (Å²) < 4.78 is 5.38. The average molecular weight is 321 g/mol. The van der Waals surface area contributed by atoms with Crippen LogP contribution in [0.5, 0.6) is 5.75 Å². The minimum Gasteiger partial charge on any atom is -0.484 e. The third-order valence-corrected chi connectivity index (χ3v) is 3.56. The fourth-order valence-electron chi connectivity index (χ4n) is 1.47. The number of rotatable bonds is 6. The van der Waals surface area contributed by atoms with Crippen molar-refractivity contribution in [2.24, 2.45) is 11.7 Å². The molecule has 20 heavy (non-hydrogen) atoms. The van der Waals surface area contributed by atoms with Crippen LogP contribution in [-0.4, -0.2) is 24.6 Å². The molecule has 0 aliphatic heterocycles. The molecule has 0 radical (unpaired) electrons. The molecule has 114 valence electrons. The Labute approximate surface area is 131 Å². The van der Waals surface area contributed by atoms with Gasteiger partial charge < -0.3 is 15.8 Å². The minimum absolute atomic E-state index is 0. The fourth-order valence-corrected chi connectivity index (χ4v) is 1.59. The number of carbonyl (C=O) groups is 1. The van der Waals surface area contributed by atoms with Gasteiger partial charge in [0.05, 0.1) is 5.54 Å². The standard InChI is InChI=1S/C14H21ClN2O2.ClH/c1-10(2)14(3,9-16)17-13(18)8-19-12-6-4-11(15)5-7-12;/h4-7,10H,8-9,16H2,1-3H3,(H,17,18);1H. The number of carbonyl (C=O) groups excluding carboxylic acids is 1. The Morgan fingerprint density at radius 1 is 1.40 bits per heavy atom. The van der Waals surface area contributed by atoms with Gasteiger partial charge in [-0.3, -0.25) is 4.79 Å². The predicted molar refractivity (Wildman–Crippen MR) is 84.6 cm³/mol. The van der Waals surface area contributed by atoms with Gasteiger partial charge in [-0.05, 0) is 37.1 Å². The summed E-state index contributed by atoms with van der Waals surface area (Å²) in [6.45, 7) is 6.32. The van der Waals surface area contributed by atoms with E-state index in [1.54, 1.807) is 24.3 Å². The molecule has 1 rings (SSSR count). The zero-order chi connectivity index (χ0) is 14.5. The Morgan fingerprint density at radius 2 is 1.95 bits per heavy atom. The highest BCUT2D eigenvalue weighted by atomic mass is 35.5. The van der Waals surface area contributed by atoms with Gasteiger partial charge in [-0.2, -0.15) is 0 Å². The first-order valence-electron chi connectivity index (χ1n) is 6.27. The fraction of sp³-hybridized carbons (Fsp3) is 0.500. The minimum atomic E-state index is -0.416. The van der Waals surface area contributed by atoms with Crippen LogP contribution < -0.4 is 15.8 Å². The second-order valence-electron chi connectivity index (χ2n) is 5.07. The van der Waals surface area contributed by atoms with Crippen molar-refractivity contribution in [2.75, 3.05) is 13.2 Å². The van der Waals surface area contributed by atoms with Gasteiger partial charge in [0.2, 0.25) is 0 Å². The summed E-state index contributed by atoms with van der Waals surface area (Å²) in [5.41, 5.74) is 5.29. The van der Waals surface area contributed by atoms with Gasteiger partial charge in [0.15, 0.2) is 6.61 Å².